The second-order valence-electron chi connectivity index (χ2n) is 10.8. The van der Waals surface area contributed by atoms with Crippen molar-refractivity contribution in [3.8, 4) is 0 Å². The van der Waals surface area contributed by atoms with Gasteiger partial charge < -0.3 is 13.9 Å². The Morgan fingerprint density at radius 3 is 1.48 bits per heavy atom. The molecule has 2 unspecified atom stereocenters. The average molecular weight is 489 g/mol. The van der Waals surface area contributed by atoms with Crippen LogP contribution < -0.4 is 0 Å². The molecule has 0 rings (SSSR count). The zero-order chi connectivity index (χ0) is 24.8. The third kappa shape index (κ3) is 19.8. The molecule has 0 aliphatic rings. The first-order chi connectivity index (χ1) is 15.8. The summed E-state index contributed by atoms with van der Waals surface area (Å²) in [6, 6.07) is 0. The molecule has 0 bridgehead atoms. The van der Waals surface area contributed by atoms with E-state index in [1.54, 1.807) is 0 Å². The molecule has 198 valence electrons. The topological polar surface area (TPSA) is 46.5 Å². The van der Waals surface area contributed by atoms with E-state index in [-0.39, 0.29) is 5.78 Å². The molecule has 1 N–H and O–H groups in total. The van der Waals surface area contributed by atoms with Gasteiger partial charge in [0.15, 0.2) is 5.78 Å². The molecular formula is C28H59NO3P+. The van der Waals surface area contributed by atoms with Gasteiger partial charge in [-0.3, -0.25) is 4.57 Å². The summed E-state index contributed by atoms with van der Waals surface area (Å²) in [5.41, 5.74) is 0. The minimum Gasteiger partial charge on any atom is -0.320 e. The van der Waals surface area contributed by atoms with Gasteiger partial charge in [-0.15, -0.1) is 0 Å². The zero-order valence-corrected chi connectivity index (χ0v) is 23.9. The molecule has 0 saturated heterocycles. The van der Waals surface area contributed by atoms with Gasteiger partial charge in [0, 0.05) is 6.42 Å². The first-order valence-electron chi connectivity index (χ1n) is 14.2. The lowest BCUT2D eigenvalue weighted by atomic mass is 10.1. The Labute approximate surface area is 207 Å². The van der Waals surface area contributed by atoms with E-state index in [1.165, 1.54) is 103 Å². The Hall–Kier alpha value is -0.150. The summed E-state index contributed by atoms with van der Waals surface area (Å²) in [7, 11) is 2.30. The zero-order valence-electron chi connectivity index (χ0n) is 23.0. The van der Waals surface area contributed by atoms with Crippen LogP contribution in [0.15, 0.2) is 12.2 Å². The van der Waals surface area contributed by atoms with Crippen molar-refractivity contribution in [2.24, 2.45) is 0 Å². The SMILES string of the molecule is CCCCCCCCCCCCC=CCCCCCCCCOP(=O)(O)C(CC)[N+](C)(C)C. The predicted octanol–water partition coefficient (Wildman–Crippen LogP) is 9.23. The molecule has 33 heavy (non-hydrogen) atoms. The number of hydrogen-bond acceptors (Lipinski definition) is 2. The summed E-state index contributed by atoms with van der Waals surface area (Å²) >= 11 is 0. The molecule has 0 spiro atoms. The fourth-order valence-corrected chi connectivity index (χ4v) is 6.45. The van der Waals surface area contributed by atoms with Crippen LogP contribution in [0.2, 0.25) is 0 Å². The van der Waals surface area contributed by atoms with Crippen LogP contribution in [0.1, 0.15) is 136 Å². The molecule has 2 atom stereocenters. The quantitative estimate of drug-likeness (QED) is 0.0637. The van der Waals surface area contributed by atoms with E-state index in [0.29, 0.717) is 17.5 Å². The molecule has 4 nitrogen and oxygen atoms in total. The highest BCUT2D eigenvalue weighted by Gasteiger charge is 2.41. The third-order valence-corrected chi connectivity index (χ3v) is 8.93. The van der Waals surface area contributed by atoms with Gasteiger partial charge in [-0.25, -0.2) is 0 Å². The number of nitrogens with zero attached hydrogens (tertiary/aromatic N) is 1. The van der Waals surface area contributed by atoms with Crippen LogP contribution >= 0.6 is 7.60 Å². The van der Waals surface area contributed by atoms with Gasteiger partial charge in [-0.2, -0.15) is 0 Å². The maximum Gasteiger partial charge on any atom is 0.385 e. The molecule has 5 heteroatoms. The Bertz CT molecular complexity index is 502. The van der Waals surface area contributed by atoms with E-state index in [0.717, 1.165) is 12.8 Å². The normalized spacial score (nSPS) is 15.2. The lowest BCUT2D eigenvalue weighted by Gasteiger charge is -2.35. The van der Waals surface area contributed by atoms with Crippen molar-refractivity contribution < 1.29 is 18.5 Å². The van der Waals surface area contributed by atoms with Gasteiger partial charge in [0.1, 0.15) is 0 Å². The van der Waals surface area contributed by atoms with Gasteiger partial charge in [-0.1, -0.05) is 109 Å². The highest BCUT2D eigenvalue weighted by atomic mass is 31.2. The summed E-state index contributed by atoms with van der Waals surface area (Å²) in [5, 5.41) is 0. The Kier molecular flexibility index (Phi) is 21.1. The largest absolute Gasteiger partial charge is 0.385 e. The molecule has 0 aromatic heterocycles. The van der Waals surface area contributed by atoms with Crippen molar-refractivity contribution in [3.63, 3.8) is 0 Å². The van der Waals surface area contributed by atoms with Crippen LogP contribution in [0.5, 0.6) is 0 Å². The van der Waals surface area contributed by atoms with Crippen LogP contribution in [0, 0.1) is 0 Å². The van der Waals surface area contributed by atoms with Crippen molar-refractivity contribution in [3.05, 3.63) is 12.2 Å². The molecule has 0 aromatic rings. The molecule has 0 heterocycles. The molecule has 0 fully saturated rings. The maximum atomic E-state index is 12.5. The summed E-state index contributed by atoms with van der Waals surface area (Å²) in [4.78, 5) is 10.3. The van der Waals surface area contributed by atoms with Gasteiger partial charge in [0.05, 0.1) is 27.7 Å². The van der Waals surface area contributed by atoms with Crippen LogP contribution in [0.25, 0.3) is 0 Å². The monoisotopic (exact) mass is 488 g/mol. The third-order valence-electron chi connectivity index (χ3n) is 6.57. The Balaban J connectivity index is 3.44. The lowest BCUT2D eigenvalue weighted by Crippen LogP contribution is -2.44. The molecular weight excluding hydrogens is 429 g/mol. The Morgan fingerprint density at radius 1 is 0.697 bits per heavy atom. The van der Waals surface area contributed by atoms with Crippen LogP contribution in [-0.2, 0) is 9.09 Å². The van der Waals surface area contributed by atoms with Crippen molar-refractivity contribution >= 4 is 7.60 Å². The number of unbranched alkanes of at least 4 members (excludes halogenated alkanes) is 16. The number of hydrogen-bond donors (Lipinski definition) is 1. The van der Waals surface area contributed by atoms with Crippen molar-refractivity contribution in [2.75, 3.05) is 27.7 Å². The van der Waals surface area contributed by atoms with Gasteiger partial charge in [-0.05, 0) is 32.1 Å². The minimum absolute atomic E-state index is 0.351. The van der Waals surface area contributed by atoms with Crippen molar-refractivity contribution in [1.82, 2.24) is 0 Å². The fraction of sp³-hybridized carbons (Fsp3) is 0.929. The van der Waals surface area contributed by atoms with Crippen molar-refractivity contribution in [2.45, 2.75) is 142 Å². The van der Waals surface area contributed by atoms with Gasteiger partial charge >= 0.3 is 7.60 Å². The minimum atomic E-state index is -3.55. The summed E-state index contributed by atoms with van der Waals surface area (Å²) in [5.74, 6) is -0.351. The van der Waals surface area contributed by atoms with E-state index >= 15 is 0 Å². The van der Waals surface area contributed by atoms with E-state index in [2.05, 4.69) is 19.1 Å². The standard InChI is InChI=1S/C28H58NO3P/c1-6-8-9-10-11-12-13-14-15-16-17-18-19-20-21-22-23-24-25-26-27-32-33(30,31)28(7-2)29(3,4)5/h18-19,28H,6-17,20-27H2,1-5H3/p+1. The second kappa shape index (κ2) is 21.2. The lowest BCUT2D eigenvalue weighted by molar-refractivity contribution is -0.883. The average Bonchev–Trinajstić information content (AvgIpc) is 2.74. The summed E-state index contributed by atoms with van der Waals surface area (Å²) in [6.07, 6.45) is 28.9. The Morgan fingerprint density at radius 2 is 1.09 bits per heavy atom. The molecule has 0 saturated carbocycles. The van der Waals surface area contributed by atoms with Gasteiger partial charge in [0.25, 0.3) is 0 Å². The number of quaternary nitrogens is 1. The molecule has 0 aliphatic heterocycles. The maximum absolute atomic E-state index is 12.5. The predicted molar refractivity (Wildman–Crippen MR) is 146 cm³/mol. The fourth-order valence-electron chi connectivity index (χ4n) is 4.55. The van der Waals surface area contributed by atoms with E-state index in [9.17, 15) is 9.46 Å². The van der Waals surface area contributed by atoms with Crippen LogP contribution in [-0.4, -0.2) is 42.9 Å². The van der Waals surface area contributed by atoms with E-state index in [1.807, 2.05) is 28.1 Å². The first kappa shape index (κ1) is 32.8. The number of rotatable bonds is 24. The van der Waals surface area contributed by atoms with Gasteiger partial charge in [0.2, 0.25) is 0 Å². The molecule has 0 aromatic carbocycles. The van der Waals surface area contributed by atoms with E-state index < -0.39 is 7.60 Å². The second-order valence-corrected chi connectivity index (χ2v) is 12.7. The molecule has 0 aliphatic carbocycles. The number of allylic oxidation sites excluding steroid dienone is 2. The van der Waals surface area contributed by atoms with Crippen molar-refractivity contribution in [1.29, 1.82) is 0 Å². The van der Waals surface area contributed by atoms with Crippen LogP contribution in [0.4, 0.5) is 0 Å². The molecule has 0 radical (unpaired) electrons. The first-order valence-corrected chi connectivity index (χ1v) is 15.8. The van der Waals surface area contributed by atoms with E-state index in [4.69, 9.17) is 4.52 Å². The molecule has 0 amide bonds. The highest BCUT2D eigenvalue weighted by molar-refractivity contribution is 7.53. The smallest absolute Gasteiger partial charge is 0.320 e. The highest BCUT2D eigenvalue weighted by Crippen LogP contribution is 2.51. The van der Waals surface area contributed by atoms with Crippen LogP contribution in [0.3, 0.4) is 0 Å². The summed E-state index contributed by atoms with van der Waals surface area (Å²) in [6.45, 7) is 4.63. The summed E-state index contributed by atoms with van der Waals surface area (Å²) < 4.78 is 18.4.